The van der Waals surface area contributed by atoms with Crippen molar-refractivity contribution in [2.45, 2.75) is 0 Å². The molecule has 0 unspecified atom stereocenters. The van der Waals surface area contributed by atoms with Gasteiger partial charge in [0.2, 0.25) is 0 Å². The van der Waals surface area contributed by atoms with Crippen molar-refractivity contribution in [1.29, 1.82) is 0 Å². The summed E-state index contributed by atoms with van der Waals surface area (Å²) in [6, 6.07) is 24.0. The minimum absolute atomic E-state index is 0. The number of rotatable bonds is 1. The second-order valence-corrected chi connectivity index (χ2v) is 7.75. The van der Waals surface area contributed by atoms with E-state index >= 15 is 0 Å². The Balaban J connectivity index is 0.000000234. The van der Waals surface area contributed by atoms with E-state index in [0.717, 1.165) is 56.2 Å². The van der Waals surface area contributed by atoms with Crippen LogP contribution in [-0.4, -0.2) is 27.0 Å². The minimum atomic E-state index is 0. The Labute approximate surface area is 208 Å². The maximum atomic E-state index is 4.94. The fourth-order valence-electron chi connectivity index (χ4n) is 3.57. The summed E-state index contributed by atoms with van der Waals surface area (Å²) in [4.78, 5) is 16.0. The molecule has 0 atom stereocenters. The monoisotopic (exact) mass is 490 g/mol. The van der Waals surface area contributed by atoms with Crippen LogP contribution in [0.5, 0.6) is 5.75 Å². The van der Waals surface area contributed by atoms with E-state index in [1.807, 2.05) is 66.8 Å². The summed E-state index contributed by atoms with van der Waals surface area (Å²) in [6.07, 6.45) is 8.05. The normalized spacial score (nSPS) is 11.3. The molecule has 1 radical (unpaired) electrons. The van der Waals surface area contributed by atoms with Crippen molar-refractivity contribution in [3.05, 3.63) is 108 Å². The first-order valence-corrected chi connectivity index (χ1v) is 10.6. The van der Waals surface area contributed by atoms with Gasteiger partial charge in [-0.15, -0.1) is 0 Å². The summed E-state index contributed by atoms with van der Waals surface area (Å²) in [5.74, 6) is 0.877. The van der Waals surface area contributed by atoms with Crippen molar-refractivity contribution in [2.24, 2.45) is 0 Å². The van der Waals surface area contributed by atoms with Gasteiger partial charge in [0.15, 0.2) is 0 Å². The number of hydrogen-bond donors (Lipinski definition) is 2. The molecule has 4 aromatic rings. The molecular formula is C28H23CoN4O-. The molecule has 2 aliphatic rings. The molecule has 0 aliphatic carbocycles. The zero-order valence-electron chi connectivity index (χ0n) is 18.6. The van der Waals surface area contributed by atoms with Gasteiger partial charge in [0.05, 0.1) is 35.6 Å². The average Bonchev–Trinajstić information content (AvgIpc) is 3.61. The van der Waals surface area contributed by atoms with E-state index in [4.69, 9.17) is 4.74 Å². The van der Waals surface area contributed by atoms with Crippen LogP contribution >= 0.6 is 0 Å². The largest absolute Gasteiger partial charge is 0.499 e. The topological polar surface area (TPSA) is 66.6 Å². The van der Waals surface area contributed by atoms with Crippen molar-refractivity contribution in [3.63, 3.8) is 0 Å². The zero-order valence-corrected chi connectivity index (χ0v) is 19.6. The van der Waals surface area contributed by atoms with Crippen LogP contribution in [0.3, 0.4) is 0 Å². The SMILES string of the molecule is C1=Cc2cc3ccc(cc4ccc(cc5nc(cc1n2)C=C5)[nH]4)[nH]3.[CH2-]c1ccc(OC)cc1.[Co]. The van der Waals surface area contributed by atoms with E-state index in [9.17, 15) is 0 Å². The van der Waals surface area contributed by atoms with Crippen LogP contribution < -0.4 is 4.74 Å². The molecule has 8 bridgehead atoms. The predicted octanol–water partition coefficient (Wildman–Crippen LogP) is 6.53. The minimum Gasteiger partial charge on any atom is -0.499 e. The summed E-state index contributed by atoms with van der Waals surface area (Å²) in [5, 5.41) is 0. The van der Waals surface area contributed by atoms with Gasteiger partial charge in [0, 0.05) is 38.8 Å². The molecule has 0 spiro atoms. The molecule has 3 aromatic heterocycles. The van der Waals surface area contributed by atoms with Crippen LogP contribution in [-0.2, 0) is 16.8 Å². The first-order chi connectivity index (χ1) is 16.1. The molecule has 5 heterocycles. The Morgan fingerprint density at radius 1 is 0.588 bits per heavy atom. The molecule has 0 saturated carbocycles. The van der Waals surface area contributed by atoms with Gasteiger partial charge in [-0.2, -0.15) is 24.6 Å². The van der Waals surface area contributed by atoms with E-state index in [0.29, 0.717) is 0 Å². The van der Waals surface area contributed by atoms with Gasteiger partial charge in [-0.05, 0) is 72.8 Å². The van der Waals surface area contributed by atoms with Crippen LogP contribution in [0.4, 0.5) is 0 Å². The molecular weight excluding hydrogens is 467 g/mol. The van der Waals surface area contributed by atoms with Crippen LogP contribution in [0.1, 0.15) is 28.3 Å². The quantitative estimate of drug-likeness (QED) is 0.258. The number of benzene rings is 1. The van der Waals surface area contributed by atoms with Gasteiger partial charge in [0.1, 0.15) is 0 Å². The van der Waals surface area contributed by atoms with Crippen molar-refractivity contribution < 1.29 is 21.5 Å². The molecule has 0 amide bonds. The molecule has 2 N–H and O–H groups in total. The molecule has 6 rings (SSSR count). The third-order valence-corrected chi connectivity index (χ3v) is 5.20. The van der Waals surface area contributed by atoms with Crippen molar-refractivity contribution in [2.75, 3.05) is 7.11 Å². The summed E-state index contributed by atoms with van der Waals surface area (Å²) >= 11 is 0. The standard InChI is InChI=1S/C20H14N4.C8H9O.Co/c1-2-14-10-16-5-6-18(23-16)12-20-8-7-19(24-20)11-17-4-3-15(22-17)9-13(1)21-14;1-7-3-5-8(9-2)6-4-7;/h1-12,21-22H;3-6H,1H2,2H3;/q;-1;. The maximum Gasteiger partial charge on any atom is 0.0943 e. The van der Waals surface area contributed by atoms with Gasteiger partial charge >= 0.3 is 0 Å². The molecule has 6 heteroatoms. The number of aromatic nitrogens is 4. The summed E-state index contributed by atoms with van der Waals surface area (Å²) in [7, 11) is 1.65. The van der Waals surface area contributed by atoms with Gasteiger partial charge in [-0.1, -0.05) is 12.1 Å². The molecule has 171 valence electrons. The summed E-state index contributed by atoms with van der Waals surface area (Å²) in [5.41, 5.74) is 8.87. The number of hydrogen-bond acceptors (Lipinski definition) is 3. The van der Waals surface area contributed by atoms with E-state index in [-0.39, 0.29) is 16.8 Å². The Morgan fingerprint density at radius 3 is 1.44 bits per heavy atom. The number of methoxy groups -OCH3 is 1. The number of fused-ring (bicyclic) bond motifs is 8. The van der Waals surface area contributed by atoms with Crippen LogP contribution in [0.25, 0.3) is 46.4 Å². The van der Waals surface area contributed by atoms with E-state index < -0.39 is 0 Å². The predicted molar refractivity (Wildman–Crippen MR) is 136 cm³/mol. The molecule has 0 fully saturated rings. The average molecular weight is 490 g/mol. The molecule has 5 nitrogen and oxygen atoms in total. The summed E-state index contributed by atoms with van der Waals surface area (Å²) < 4.78 is 4.94. The molecule has 34 heavy (non-hydrogen) atoms. The second kappa shape index (κ2) is 10.3. The number of ether oxygens (including phenoxy) is 1. The molecule has 0 saturated heterocycles. The third-order valence-electron chi connectivity index (χ3n) is 5.20. The Kier molecular flexibility index (Phi) is 7.01. The molecule has 2 aliphatic heterocycles. The van der Waals surface area contributed by atoms with Crippen molar-refractivity contribution in [1.82, 2.24) is 19.9 Å². The smallest absolute Gasteiger partial charge is 0.0943 e. The Morgan fingerprint density at radius 2 is 1.00 bits per heavy atom. The molecule has 1 aromatic carbocycles. The zero-order chi connectivity index (χ0) is 22.6. The van der Waals surface area contributed by atoms with Gasteiger partial charge in [0.25, 0.3) is 0 Å². The van der Waals surface area contributed by atoms with Crippen LogP contribution in [0.2, 0.25) is 0 Å². The van der Waals surface area contributed by atoms with Crippen molar-refractivity contribution in [3.8, 4) is 5.75 Å². The van der Waals surface area contributed by atoms with E-state index in [1.165, 1.54) is 0 Å². The summed E-state index contributed by atoms with van der Waals surface area (Å²) in [6.45, 7) is 3.74. The first kappa shape index (κ1) is 23.2. The third kappa shape index (κ3) is 5.67. The number of nitrogens with zero attached hydrogens (tertiary/aromatic N) is 2. The first-order valence-electron chi connectivity index (χ1n) is 10.6. The number of aromatic amines is 2. The maximum absolute atomic E-state index is 4.94. The van der Waals surface area contributed by atoms with Gasteiger partial charge in [-0.3, -0.25) is 0 Å². The Hall–Kier alpha value is -4.00. The van der Waals surface area contributed by atoms with Crippen LogP contribution in [0.15, 0.2) is 72.8 Å². The second-order valence-electron chi connectivity index (χ2n) is 7.75. The number of H-pyrrole nitrogens is 2. The Bertz CT molecular complexity index is 1420. The van der Waals surface area contributed by atoms with Gasteiger partial charge < -0.3 is 14.7 Å². The van der Waals surface area contributed by atoms with E-state index in [2.05, 4.69) is 57.2 Å². The fourth-order valence-corrected chi connectivity index (χ4v) is 3.57. The van der Waals surface area contributed by atoms with Crippen molar-refractivity contribution >= 4 is 46.4 Å². The van der Waals surface area contributed by atoms with Crippen LogP contribution in [0, 0.1) is 6.92 Å². The van der Waals surface area contributed by atoms with E-state index in [1.54, 1.807) is 7.11 Å². The number of nitrogens with one attached hydrogen (secondary N) is 2. The fraction of sp³-hybridized carbons (Fsp3) is 0.0357. The van der Waals surface area contributed by atoms with Gasteiger partial charge in [-0.25, -0.2) is 9.97 Å².